The summed E-state index contributed by atoms with van der Waals surface area (Å²) in [4.78, 5) is 0. The van der Waals surface area contributed by atoms with Crippen LogP contribution in [-0.4, -0.2) is 52.1 Å². The van der Waals surface area contributed by atoms with Crippen LogP contribution in [0.25, 0.3) is 11.1 Å². The quantitative estimate of drug-likeness (QED) is 0.629. The summed E-state index contributed by atoms with van der Waals surface area (Å²) in [6, 6.07) is 10.8. The van der Waals surface area contributed by atoms with Gasteiger partial charge in [-0.05, 0) is 23.1 Å². The highest BCUT2D eigenvalue weighted by atomic mass is 16.7. The van der Waals surface area contributed by atoms with Crippen LogP contribution in [0.2, 0.25) is 0 Å². The molecule has 3 atom stereocenters. The van der Waals surface area contributed by atoms with Crippen LogP contribution in [0.3, 0.4) is 0 Å². The lowest BCUT2D eigenvalue weighted by atomic mass is 9.90. The van der Waals surface area contributed by atoms with Crippen molar-refractivity contribution in [1.29, 1.82) is 0 Å². The molecule has 1 unspecified atom stereocenters. The zero-order valence-electron chi connectivity index (χ0n) is 14.6. The molecule has 6 nitrogen and oxygen atoms in total. The minimum atomic E-state index is -0.682. The third kappa shape index (κ3) is 3.54. The van der Waals surface area contributed by atoms with Crippen LogP contribution in [0.1, 0.15) is 18.1 Å². The van der Waals surface area contributed by atoms with Gasteiger partial charge in [-0.2, -0.15) is 0 Å². The Labute approximate surface area is 152 Å². The first-order valence-corrected chi connectivity index (χ1v) is 8.73. The Bertz CT molecular complexity index is 734. The molecule has 4 N–H and O–H groups in total. The van der Waals surface area contributed by atoms with Crippen molar-refractivity contribution >= 4 is 0 Å². The predicted octanol–water partition coefficient (Wildman–Crippen LogP) is 1.96. The maximum Gasteiger partial charge on any atom is 0.162 e. The van der Waals surface area contributed by atoms with E-state index < -0.39 is 18.5 Å². The number of benzene rings is 2. The fraction of sp³-hybridized carbons (Fsp3) is 0.400. The van der Waals surface area contributed by atoms with Crippen LogP contribution in [0.5, 0.6) is 11.5 Å². The number of phenols is 2. The molecule has 140 valence electrons. The van der Waals surface area contributed by atoms with Gasteiger partial charge in [0, 0.05) is 18.1 Å². The summed E-state index contributed by atoms with van der Waals surface area (Å²) < 4.78 is 11.4. The smallest absolute Gasteiger partial charge is 0.162 e. The molecule has 1 aliphatic heterocycles. The summed E-state index contributed by atoms with van der Waals surface area (Å²) in [5.41, 5.74) is 2.89. The van der Waals surface area contributed by atoms with Crippen LogP contribution in [0, 0.1) is 0 Å². The fourth-order valence-electron chi connectivity index (χ4n) is 3.48. The third-order valence-corrected chi connectivity index (χ3v) is 4.72. The van der Waals surface area contributed by atoms with E-state index in [9.17, 15) is 20.4 Å². The van der Waals surface area contributed by atoms with Crippen molar-refractivity contribution in [3.8, 4) is 22.6 Å². The summed E-state index contributed by atoms with van der Waals surface area (Å²) in [5.74, 6) is 0.00593. The Morgan fingerprint density at radius 3 is 2.04 bits per heavy atom. The fourth-order valence-corrected chi connectivity index (χ4v) is 3.48. The van der Waals surface area contributed by atoms with Gasteiger partial charge < -0.3 is 29.9 Å². The molecule has 0 spiro atoms. The number of phenolic OH excluding ortho intramolecular Hbond substituents is 2. The Morgan fingerprint density at radius 2 is 1.50 bits per heavy atom. The first-order valence-electron chi connectivity index (χ1n) is 8.73. The lowest BCUT2D eigenvalue weighted by molar-refractivity contribution is -0.0725. The maximum absolute atomic E-state index is 10.5. The lowest BCUT2D eigenvalue weighted by Gasteiger charge is -2.20. The molecule has 1 heterocycles. The van der Waals surface area contributed by atoms with E-state index in [4.69, 9.17) is 9.47 Å². The van der Waals surface area contributed by atoms with Gasteiger partial charge in [0.05, 0.1) is 13.2 Å². The van der Waals surface area contributed by atoms with E-state index in [1.807, 2.05) is 37.3 Å². The van der Waals surface area contributed by atoms with E-state index in [0.717, 1.165) is 11.1 Å². The number of hydrogen-bond acceptors (Lipinski definition) is 6. The second kappa shape index (κ2) is 8.05. The van der Waals surface area contributed by atoms with E-state index in [-0.39, 0.29) is 31.1 Å². The van der Waals surface area contributed by atoms with E-state index >= 15 is 0 Å². The summed E-state index contributed by atoms with van der Waals surface area (Å²) in [7, 11) is 0. The molecule has 1 aliphatic rings. The second-order valence-corrected chi connectivity index (χ2v) is 6.31. The first-order chi connectivity index (χ1) is 12.6. The van der Waals surface area contributed by atoms with Gasteiger partial charge in [0.15, 0.2) is 6.29 Å². The van der Waals surface area contributed by atoms with Gasteiger partial charge in [-0.15, -0.1) is 0 Å². The summed E-state index contributed by atoms with van der Waals surface area (Å²) >= 11 is 0. The molecule has 26 heavy (non-hydrogen) atoms. The van der Waals surface area contributed by atoms with Gasteiger partial charge in [0.25, 0.3) is 0 Å². The summed E-state index contributed by atoms with van der Waals surface area (Å²) in [6.45, 7) is 1.42. The van der Waals surface area contributed by atoms with Gasteiger partial charge in [-0.1, -0.05) is 37.3 Å². The highest BCUT2D eigenvalue weighted by Gasteiger charge is 2.36. The molecule has 3 rings (SSSR count). The molecular weight excluding hydrogens is 336 g/mol. The normalized spacial score (nSPS) is 22.7. The van der Waals surface area contributed by atoms with Crippen LogP contribution >= 0.6 is 0 Å². The van der Waals surface area contributed by atoms with Crippen molar-refractivity contribution in [1.82, 2.24) is 0 Å². The van der Waals surface area contributed by atoms with Gasteiger partial charge in [-0.3, -0.25) is 0 Å². The average molecular weight is 360 g/mol. The van der Waals surface area contributed by atoms with Gasteiger partial charge in [0.1, 0.15) is 23.7 Å². The van der Waals surface area contributed by atoms with E-state index in [1.54, 1.807) is 0 Å². The molecule has 6 heteroatoms. The minimum Gasteiger partial charge on any atom is -0.508 e. The van der Waals surface area contributed by atoms with Gasteiger partial charge >= 0.3 is 0 Å². The lowest BCUT2D eigenvalue weighted by Crippen LogP contribution is -2.29. The molecular formula is C20H24O6. The Morgan fingerprint density at radius 1 is 0.885 bits per heavy atom. The molecule has 1 fully saturated rings. The number of ether oxygens (including phenoxy) is 2. The number of hydrogen-bond donors (Lipinski definition) is 4. The van der Waals surface area contributed by atoms with Crippen molar-refractivity contribution < 1.29 is 29.9 Å². The van der Waals surface area contributed by atoms with Crippen molar-refractivity contribution in [2.24, 2.45) is 0 Å². The molecule has 1 saturated heterocycles. The zero-order valence-corrected chi connectivity index (χ0v) is 14.6. The van der Waals surface area contributed by atoms with Crippen LogP contribution in [-0.2, 0) is 22.3 Å². The van der Waals surface area contributed by atoms with E-state index in [0.29, 0.717) is 17.5 Å². The third-order valence-electron chi connectivity index (χ3n) is 4.72. The SMILES string of the molecule is CCc1c(O)cc(O)c(-c2ccccc2)c1CC1O[C@@H](CO)[C@@H](CO)O1. The van der Waals surface area contributed by atoms with Gasteiger partial charge in [-0.25, -0.2) is 0 Å². The van der Waals surface area contributed by atoms with Gasteiger partial charge in [0.2, 0.25) is 0 Å². The van der Waals surface area contributed by atoms with Crippen molar-refractivity contribution in [3.05, 3.63) is 47.5 Å². The monoisotopic (exact) mass is 360 g/mol. The highest BCUT2D eigenvalue weighted by molar-refractivity contribution is 5.77. The molecule has 2 aromatic carbocycles. The topological polar surface area (TPSA) is 99.4 Å². The Balaban J connectivity index is 2.02. The van der Waals surface area contributed by atoms with Crippen LogP contribution in [0.4, 0.5) is 0 Å². The first kappa shape index (κ1) is 18.7. The maximum atomic E-state index is 10.5. The van der Waals surface area contributed by atoms with Crippen LogP contribution < -0.4 is 0 Å². The minimum absolute atomic E-state index is 0.0173. The molecule has 0 radical (unpaired) electrons. The average Bonchev–Trinajstić information content (AvgIpc) is 3.04. The molecule has 2 aromatic rings. The number of aliphatic hydroxyl groups is 2. The zero-order chi connectivity index (χ0) is 18.7. The molecule has 0 aromatic heterocycles. The Kier molecular flexibility index (Phi) is 5.78. The Hall–Kier alpha value is -2.12. The number of aromatic hydroxyl groups is 2. The van der Waals surface area contributed by atoms with E-state index in [1.165, 1.54) is 6.07 Å². The molecule has 0 saturated carbocycles. The van der Waals surface area contributed by atoms with Crippen molar-refractivity contribution in [2.75, 3.05) is 13.2 Å². The van der Waals surface area contributed by atoms with E-state index in [2.05, 4.69) is 0 Å². The second-order valence-electron chi connectivity index (χ2n) is 6.31. The molecule has 0 bridgehead atoms. The number of aliphatic hydroxyl groups excluding tert-OH is 2. The summed E-state index contributed by atoms with van der Waals surface area (Å²) in [5, 5.41) is 39.5. The standard InChI is InChI=1S/C20H24O6/c1-2-13-14(8-19-25-17(10-21)18(11-22)26-19)20(16(24)9-15(13)23)12-6-4-3-5-7-12/h3-7,9,17-19,21-24H,2,8,10-11H2,1H3/t17-,18+,19?. The van der Waals surface area contributed by atoms with Crippen LogP contribution in [0.15, 0.2) is 36.4 Å². The molecule has 0 aliphatic carbocycles. The van der Waals surface area contributed by atoms with Crippen molar-refractivity contribution in [3.63, 3.8) is 0 Å². The largest absolute Gasteiger partial charge is 0.508 e. The number of rotatable bonds is 6. The summed E-state index contributed by atoms with van der Waals surface area (Å²) in [6.07, 6.45) is -1.02. The molecule has 0 amide bonds. The highest BCUT2D eigenvalue weighted by Crippen LogP contribution is 2.41. The predicted molar refractivity (Wildman–Crippen MR) is 96.0 cm³/mol. The van der Waals surface area contributed by atoms with Crippen molar-refractivity contribution in [2.45, 2.75) is 38.3 Å².